The van der Waals surface area contributed by atoms with Crippen LogP contribution in [0.15, 0.2) is 24.3 Å². The van der Waals surface area contributed by atoms with E-state index in [0.717, 1.165) is 30.6 Å². The van der Waals surface area contributed by atoms with E-state index in [0.29, 0.717) is 32.7 Å². The molecule has 0 atom stereocenters. The van der Waals surface area contributed by atoms with Gasteiger partial charge in [0.05, 0.1) is 13.5 Å². The van der Waals surface area contributed by atoms with Gasteiger partial charge in [0, 0.05) is 38.9 Å². The standard InChI is InChI=1S/C20H31N3O4/c1-4-21-19(25)22-20(10-13-26-2)8-11-23(12-9-20)18(24)15-16-6-5-7-17(14-16)27-3/h5-7,14H,4,8-13,15H2,1-3H3,(H2,21,22,25). The van der Waals surface area contributed by atoms with Gasteiger partial charge in [-0.2, -0.15) is 0 Å². The van der Waals surface area contributed by atoms with Crippen LogP contribution < -0.4 is 15.4 Å². The summed E-state index contributed by atoms with van der Waals surface area (Å²) in [4.78, 5) is 26.6. The van der Waals surface area contributed by atoms with Gasteiger partial charge in [-0.3, -0.25) is 4.79 Å². The number of amides is 3. The van der Waals surface area contributed by atoms with E-state index in [4.69, 9.17) is 9.47 Å². The fourth-order valence-electron chi connectivity index (χ4n) is 3.43. The molecule has 2 N–H and O–H groups in total. The molecule has 1 saturated heterocycles. The molecule has 1 heterocycles. The maximum absolute atomic E-state index is 12.7. The van der Waals surface area contributed by atoms with Gasteiger partial charge in [0.1, 0.15) is 5.75 Å². The number of carbonyl (C=O) groups excluding carboxylic acids is 2. The number of hydrogen-bond donors (Lipinski definition) is 2. The number of nitrogens with zero attached hydrogens (tertiary/aromatic N) is 1. The van der Waals surface area contributed by atoms with Crippen LogP contribution in [0.1, 0.15) is 31.7 Å². The molecule has 1 aromatic rings. The molecule has 150 valence electrons. The van der Waals surface area contributed by atoms with Crippen LogP contribution in [-0.2, 0) is 16.0 Å². The fraction of sp³-hybridized carbons (Fsp3) is 0.600. The van der Waals surface area contributed by atoms with Crippen molar-refractivity contribution < 1.29 is 19.1 Å². The van der Waals surface area contributed by atoms with E-state index < -0.39 is 0 Å². The number of methoxy groups -OCH3 is 2. The zero-order chi connectivity index (χ0) is 19.7. The maximum Gasteiger partial charge on any atom is 0.315 e. The van der Waals surface area contributed by atoms with Crippen molar-refractivity contribution in [2.45, 2.75) is 38.1 Å². The first-order valence-corrected chi connectivity index (χ1v) is 9.47. The van der Waals surface area contributed by atoms with Crippen molar-refractivity contribution in [3.05, 3.63) is 29.8 Å². The second-order valence-electron chi connectivity index (χ2n) is 6.92. The summed E-state index contributed by atoms with van der Waals surface area (Å²) in [5.74, 6) is 0.852. The molecule has 0 spiro atoms. The summed E-state index contributed by atoms with van der Waals surface area (Å²) < 4.78 is 10.4. The highest BCUT2D eigenvalue weighted by atomic mass is 16.5. The lowest BCUT2D eigenvalue weighted by atomic mass is 9.84. The molecule has 1 aromatic carbocycles. The number of urea groups is 1. The van der Waals surface area contributed by atoms with Crippen molar-refractivity contribution in [1.29, 1.82) is 0 Å². The van der Waals surface area contributed by atoms with Crippen LogP contribution in [0.5, 0.6) is 5.75 Å². The molecular weight excluding hydrogens is 346 g/mol. The van der Waals surface area contributed by atoms with Crippen LogP contribution >= 0.6 is 0 Å². The molecule has 0 unspecified atom stereocenters. The molecule has 0 radical (unpaired) electrons. The molecular formula is C20H31N3O4. The highest BCUT2D eigenvalue weighted by Crippen LogP contribution is 2.26. The average Bonchev–Trinajstić information content (AvgIpc) is 2.67. The second-order valence-corrected chi connectivity index (χ2v) is 6.92. The monoisotopic (exact) mass is 377 g/mol. The van der Waals surface area contributed by atoms with Crippen LogP contribution in [0.25, 0.3) is 0 Å². The predicted octanol–water partition coefficient (Wildman–Crippen LogP) is 1.95. The zero-order valence-electron chi connectivity index (χ0n) is 16.5. The molecule has 1 aliphatic rings. The minimum absolute atomic E-state index is 0.0987. The lowest BCUT2D eigenvalue weighted by Gasteiger charge is -2.42. The summed E-state index contributed by atoms with van der Waals surface area (Å²) in [5, 5.41) is 5.90. The summed E-state index contributed by atoms with van der Waals surface area (Å²) in [6, 6.07) is 7.42. The van der Waals surface area contributed by atoms with Gasteiger partial charge in [0.25, 0.3) is 0 Å². The number of carbonyl (C=O) groups is 2. The third-order valence-corrected chi connectivity index (χ3v) is 5.06. The third kappa shape index (κ3) is 6.13. The number of piperidine rings is 1. The van der Waals surface area contributed by atoms with Crippen molar-refractivity contribution in [2.24, 2.45) is 0 Å². The van der Waals surface area contributed by atoms with E-state index in [1.165, 1.54) is 0 Å². The first kappa shape index (κ1) is 21.0. The fourth-order valence-corrected chi connectivity index (χ4v) is 3.43. The molecule has 0 saturated carbocycles. The SMILES string of the molecule is CCNC(=O)NC1(CCOC)CCN(C(=O)Cc2cccc(OC)c2)CC1. The number of likely N-dealkylation sites (tertiary alicyclic amines) is 1. The first-order chi connectivity index (χ1) is 13.0. The van der Waals surface area contributed by atoms with Gasteiger partial charge in [-0.1, -0.05) is 12.1 Å². The van der Waals surface area contributed by atoms with E-state index in [2.05, 4.69) is 10.6 Å². The van der Waals surface area contributed by atoms with E-state index in [-0.39, 0.29) is 17.5 Å². The van der Waals surface area contributed by atoms with Gasteiger partial charge in [0.15, 0.2) is 0 Å². The Morgan fingerprint density at radius 3 is 2.59 bits per heavy atom. The van der Waals surface area contributed by atoms with Crippen LogP contribution in [0.2, 0.25) is 0 Å². The Labute approximate surface area is 161 Å². The first-order valence-electron chi connectivity index (χ1n) is 9.47. The number of ether oxygens (including phenoxy) is 2. The van der Waals surface area contributed by atoms with Gasteiger partial charge in [0.2, 0.25) is 5.91 Å². The molecule has 7 nitrogen and oxygen atoms in total. The van der Waals surface area contributed by atoms with Crippen LogP contribution in [0, 0.1) is 0 Å². The Morgan fingerprint density at radius 1 is 1.22 bits per heavy atom. The van der Waals surface area contributed by atoms with Crippen molar-refractivity contribution in [2.75, 3.05) is 40.5 Å². The number of rotatable bonds is 8. The normalized spacial score (nSPS) is 15.9. The van der Waals surface area contributed by atoms with E-state index in [1.807, 2.05) is 36.1 Å². The molecule has 2 rings (SSSR count). The van der Waals surface area contributed by atoms with Crippen molar-refractivity contribution in [1.82, 2.24) is 15.5 Å². The van der Waals surface area contributed by atoms with Gasteiger partial charge < -0.3 is 25.0 Å². The van der Waals surface area contributed by atoms with Crippen LogP contribution in [0.4, 0.5) is 4.79 Å². The molecule has 1 aliphatic heterocycles. The molecule has 0 aromatic heterocycles. The molecule has 0 bridgehead atoms. The molecule has 0 aliphatic carbocycles. The largest absolute Gasteiger partial charge is 0.497 e. The summed E-state index contributed by atoms with van der Waals surface area (Å²) >= 11 is 0. The average molecular weight is 377 g/mol. The van der Waals surface area contributed by atoms with Gasteiger partial charge in [-0.05, 0) is 43.9 Å². The van der Waals surface area contributed by atoms with Gasteiger partial charge >= 0.3 is 6.03 Å². The summed E-state index contributed by atoms with van der Waals surface area (Å²) in [6.07, 6.45) is 2.53. The Kier molecular flexibility index (Phi) is 7.91. The number of nitrogens with one attached hydrogen (secondary N) is 2. The molecule has 1 fully saturated rings. The lowest BCUT2D eigenvalue weighted by Crippen LogP contribution is -2.58. The predicted molar refractivity (Wildman–Crippen MR) is 104 cm³/mol. The maximum atomic E-state index is 12.7. The minimum atomic E-state index is -0.331. The van der Waals surface area contributed by atoms with Gasteiger partial charge in [-0.15, -0.1) is 0 Å². The quantitative estimate of drug-likeness (QED) is 0.726. The Bertz CT molecular complexity index is 627. The summed E-state index contributed by atoms with van der Waals surface area (Å²) in [6.45, 7) is 4.29. The zero-order valence-corrected chi connectivity index (χ0v) is 16.5. The molecule has 27 heavy (non-hydrogen) atoms. The van der Waals surface area contributed by atoms with Crippen LogP contribution in [0.3, 0.4) is 0 Å². The lowest BCUT2D eigenvalue weighted by molar-refractivity contribution is -0.132. The second kappa shape index (κ2) is 10.2. The van der Waals surface area contributed by atoms with Gasteiger partial charge in [-0.25, -0.2) is 4.79 Å². The van der Waals surface area contributed by atoms with E-state index in [9.17, 15) is 9.59 Å². The smallest absolute Gasteiger partial charge is 0.315 e. The number of benzene rings is 1. The Morgan fingerprint density at radius 2 is 1.96 bits per heavy atom. The van der Waals surface area contributed by atoms with Crippen molar-refractivity contribution in [3.63, 3.8) is 0 Å². The Hall–Kier alpha value is -2.28. The highest BCUT2D eigenvalue weighted by molar-refractivity contribution is 5.79. The topological polar surface area (TPSA) is 79.9 Å². The van der Waals surface area contributed by atoms with Crippen molar-refractivity contribution >= 4 is 11.9 Å². The molecule has 7 heteroatoms. The van der Waals surface area contributed by atoms with Crippen LogP contribution in [-0.4, -0.2) is 62.8 Å². The van der Waals surface area contributed by atoms with E-state index >= 15 is 0 Å². The van der Waals surface area contributed by atoms with Crippen molar-refractivity contribution in [3.8, 4) is 5.75 Å². The summed E-state index contributed by atoms with van der Waals surface area (Å²) in [7, 11) is 3.28. The van der Waals surface area contributed by atoms with E-state index in [1.54, 1.807) is 14.2 Å². The highest BCUT2D eigenvalue weighted by Gasteiger charge is 2.36. The Balaban J connectivity index is 1.95. The minimum Gasteiger partial charge on any atom is -0.497 e. The number of hydrogen-bond acceptors (Lipinski definition) is 4. The summed E-state index contributed by atoms with van der Waals surface area (Å²) in [5.41, 5.74) is 0.609. The third-order valence-electron chi connectivity index (χ3n) is 5.06. The molecule has 3 amide bonds.